The molecule has 0 N–H and O–H groups in total. The van der Waals surface area contributed by atoms with Crippen LogP contribution in [0.2, 0.25) is 0 Å². The van der Waals surface area contributed by atoms with Crippen LogP contribution in [0.3, 0.4) is 0 Å². The highest BCUT2D eigenvalue weighted by Gasteiger charge is 2.32. The smallest absolute Gasteiger partial charge is 0.233 e. The molecule has 3 aromatic rings. The van der Waals surface area contributed by atoms with Crippen molar-refractivity contribution in [1.82, 2.24) is 14.9 Å². The average molecular weight is 382 g/mol. The van der Waals surface area contributed by atoms with Crippen molar-refractivity contribution in [3.63, 3.8) is 0 Å². The van der Waals surface area contributed by atoms with Gasteiger partial charge in [-0.3, -0.25) is 4.79 Å². The van der Waals surface area contributed by atoms with Crippen LogP contribution in [0.4, 0.5) is 0 Å². The van der Waals surface area contributed by atoms with E-state index in [1.54, 1.807) is 34.6 Å². The topological polar surface area (TPSA) is 79.1 Å². The normalized spacial score (nSPS) is 14.0. The van der Waals surface area contributed by atoms with Gasteiger partial charge in [0.05, 0.1) is 40.7 Å². The monoisotopic (exact) mass is 382 g/mol. The second-order valence-electron chi connectivity index (χ2n) is 5.77. The van der Waals surface area contributed by atoms with E-state index >= 15 is 0 Å². The number of thioether (sulfide) groups is 1. The summed E-state index contributed by atoms with van der Waals surface area (Å²) in [6.45, 7) is 1.08. The number of aromatic nitrogens is 2. The van der Waals surface area contributed by atoms with Gasteiger partial charge < -0.3 is 9.64 Å². The number of para-hydroxylation sites is 1. The zero-order valence-electron chi connectivity index (χ0n) is 13.7. The van der Waals surface area contributed by atoms with Crippen molar-refractivity contribution >= 4 is 39.2 Å². The van der Waals surface area contributed by atoms with Crippen LogP contribution in [0.5, 0.6) is 5.88 Å². The highest BCUT2D eigenvalue weighted by atomic mass is 32.2. The Bertz CT molecular complexity index is 959. The first-order chi connectivity index (χ1) is 12.7. The van der Waals surface area contributed by atoms with Gasteiger partial charge in [0.2, 0.25) is 11.8 Å². The highest BCUT2D eigenvalue weighted by Crippen LogP contribution is 2.29. The highest BCUT2D eigenvalue weighted by molar-refractivity contribution is 8.01. The first-order valence-corrected chi connectivity index (χ1v) is 9.80. The molecule has 26 heavy (non-hydrogen) atoms. The van der Waals surface area contributed by atoms with E-state index in [0.29, 0.717) is 30.3 Å². The summed E-state index contributed by atoms with van der Waals surface area (Å²) in [5, 5.41) is 8.89. The standard InChI is InChI=1S/C18H14N4O2S2/c19-8-12-5-6-20-16(7-12)24-13-9-22(10-13)17(23)11-25-18-21-14-3-1-2-4-15(14)26-18/h1-7,13H,9-11H2. The molecule has 8 heteroatoms. The van der Waals surface area contributed by atoms with Crippen LogP contribution in [0.25, 0.3) is 10.2 Å². The molecular formula is C18H14N4O2S2. The molecule has 4 rings (SSSR count). The number of ether oxygens (including phenoxy) is 1. The van der Waals surface area contributed by atoms with Crippen molar-refractivity contribution in [2.24, 2.45) is 0 Å². The maximum Gasteiger partial charge on any atom is 0.233 e. The molecule has 0 saturated carbocycles. The summed E-state index contributed by atoms with van der Waals surface area (Å²) in [5.74, 6) is 0.868. The summed E-state index contributed by atoms with van der Waals surface area (Å²) >= 11 is 3.07. The van der Waals surface area contributed by atoms with Gasteiger partial charge >= 0.3 is 0 Å². The molecule has 0 bridgehead atoms. The predicted octanol–water partition coefficient (Wildman–Crippen LogP) is 2.94. The molecule has 1 saturated heterocycles. The molecular weight excluding hydrogens is 368 g/mol. The zero-order valence-corrected chi connectivity index (χ0v) is 15.3. The van der Waals surface area contributed by atoms with Crippen molar-refractivity contribution in [2.45, 2.75) is 10.4 Å². The molecule has 130 valence electrons. The molecule has 0 spiro atoms. The van der Waals surface area contributed by atoms with E-state index in [0.717, 1.165) is 14.6 Å². The molecule has 0 atom stereocenters. The Hall–Kier alpha value is -2.63. The van der Waals surface area contributed by atoms with Crippen LogP contribution < -0.4 is 4.74 Å². The molecule has 0 unspecified atom stereocenters. The number of nitriles is 1. The quantitative estimate of drug-likeness (QED) is 0.631. The Kier molecular flexibility index (Phi) is 4.73. The number of hydrogen-bond acceptors (Lipinski definition) is 7. The fourth-order valence-corrected chi connectivity index (χ4v) is 4.53. The Labute approximate surface area is 158 Å². The van der Waals surface area contributed by atoms with Crippen LogP contribution in [0.1, 0.15) is 5.56 Å². The van der Waals surface area contributed by atoms with E-state index in [4.69, 9.17) is 10.00 Å². The number of benzene rings is 1. The molecule has 6 nitrogen and oxygen atoms in total. The molecule has 2 aromatic heterocycles. The number of nitrogens with zero attached hydrogens (tertiary/aromatic N) is 4. The van der Waals surface area contributed by atoms with E-state index in [2.05, 4.69) is 16.0 Å². The van der Waals surface area contributed by atoms with Crippen LogP contribution in [-0.4, -0.2) is 45.7 Å². The number of carbonyl (C=O) groups excluding carboxylic acids is 1. The molecule has 1 aromatic carbocycles. The van der Waals surface area contributed by atoms with Crippen LogP contribution >= 0.6 is 23.1 Å². The third-order valence-electron chi connectivity index (χ3n) is 3.95. The van der Waals surface area contributed by atoms with Gasteiger partial charge in [0.15, 0.2) is 4.34 Å². The SMILES string of the molecule is N#Cc1ccnc(OC2CN(C(=O)CSc3nc4ccccc4s3)C2)c1. The minimum Gasteiger partial charge on any atom is -0.471 e. The van der Waals surface area contributed by atoms with Crippen molar-refractivity contribution in [3.8, 4) is 11.9 Å². The number of pyridine rings is 1. The number of carbonyl (C=O) groups is 1. The zero-order chi connectivity index (χ0) is 17.9. The maximum absolute atomic E-state index is 12.3. The third kappa shape index (κ3) is 3.64. The van der Waals surface area contributed by atoms with Gasteiger partial charge in [-0.05, 0) is 18.2 Å². The van der Waals surface area contributed by atoms with Gasteiger partial charge in [0.1, 0.15) is 6.10 Å². The molecule has 0 radical (unpaired) electrons. The third-order valence-corrected chi connectivity index (χ3v) is 6.11. The fraction of sp³-hybridized carbons (Fsp3) is 0.222. The van der Waals surface area contributed by atoms with Crippen molar-refractivity contribution in [2.75, 3.05) is 18.8 Å². The lowest BCUT2D eigenvalue weighted by Crippen LogP contribution is -2.56. The van der Waals surface area contributed by atoms with Crippen molar-refractivity contribution in [1.29, 1.82) is 5.26 Å². The number of fused-ring (bicyclic) bond motifs is 1. The second kappa shape index (κ2) is 7.32. The van der Waals surface area contributed by atoms with E-state index in [1.807, 2.05) is 24.3 Å². The Morgan fingerprint density at radius 2 is 2.23 bits per heavy atom. The van der Waals surface area contributed by atoms with Crippen LogP contribution in [-0.2, 0) is 4.79 Å². The van der Waals surface area contributed by atoms with Crippen LogP contribution in [0.15, 0.2) is 46.9 Å². The summed E-state index contributed by atoms with van der Waals surface area (Å²) in [6, 6.07) is 13.2. The van der Waals surface area contributed by atoms with Gasteiger partial charge in [-0.2, -0.15) is 5.26 Å². The maximum atomic E-state index is 12.3. The van der Waals surface area contributed by atoms with Gasteiger partial charge in [0, 0.05) is 12.3 Å². The Balaban J connectivity index is 1.26. The van der Waals surface area contributed by atoms with Gasteiger partial charge in [-0.1, -0.05) is 23.9 Å². The predicted molar refractivity (Wildman–Crippen MR) is 100 cm³/mol. The van der Waals surface area contributed by atoms with Crippen LogP contribution in [0, 0.1) is 11.3 Å². The summed E-state index contributed by atoms with van der Waals surface area (Å²) in [6.07, 6.45) is 1.47. The van der Waals surface area contributed by atoms with Gasteiger partial charge in [-0.25, -0.2) is 9.97 Å². The second-order valence-corrected chi connectivity index (χ2v) is 8.02. The Morgan fingerprint density at radius 1 is 1.38 bits per heavy atom. The number of hydrogen-bond donors (Lipinski definition) is 0. The lowest BCUT2D eigenvalue weighted by atomic mass is 10.1. The molecule has 1 aliphatic heterocycles. The van der Waals surface area contributed by atoms with Gasteiger partial charge in [-0.15, -0.1) is 11.3 Å². The first kappa shape index (κ1) is 16.8. The van der Waals surface area contributed by atoms with E-state index in [-0.39, 0.29) is 12.0 Å². The molecule has 3 heterocycles. The summed E-state index contributed by atoms with van der Waals surface area (Å²) in [5.41, 5.74) is 1.48. The summed E-state index contributed by atoms with van der Waals surface area (Å²) < 4.78 is 7.74. The largest absolute Gasteiger partial charge is 0.471 e. The Morgan fingerprint density at radius 3 is 3.04 bits per heavy atom. The minimum atomic E-state index is -0.0761. The molecule has 1 fully saturated rings. The van der Waals surface area contributed by atoms with E-state index in [9.17, 15) is 4.79 Å². The van der Waals surface area contributed by atoms with Crippen molar-refractivity contribution in [3.05, 3.63) is 48.2 Å². The molecule has 0 aliphatic carbocycles. The first-order valence-electron chi connectivity index (χ1n) is 8.00. The molecule has 1 amide bonds. The lowest BCUT2D eigenvalue weighted by Gasteiger charge is -2.38. The minimum absolute atomic E-state index is 0.0761. The molecule has 1 aliphatic rings. The number of likely N-dealkylation sites (tertiary alicyclic amines) is 1. The number of rotatable bonds is 5. The van der Waals surface area contributed by atoms with Crippen molar-refractivity contribution < 1.29 is 9.53 Å². The van der Waals surface area contributed by atoms with E-state index in [1.165, 1.54) is 11.8 Å². The number of thiazole rings is 1. The fourth-order valence-electron chi connectivity index (χ4n) is 2.56. The lowest BCUT2D eigenvalue weighted by molar-refractivity contribution is -0.137. The summed E-state index contributed by atoms with van der Waals surface area (Å²) in [4.78, 5) is 22.7. The number of amides is 1. The van der Waals surface area contributed by atoms with E-state index < -0.39 is 0 Å². The average Bonchev–Trinajstić information content (AvgIpc) is 3.05. The van der Waals surface area contributed by atoms with Gasteiger partial charge in [0.25, 0.3) is 0 Å². The summed E-state index contributed by atoms with van der Waals surface area (Å²) in [7, 11) is 0.